The molecule has 4 aliphatic heterocycles. The van der Waals surface area contributed by atoms with Crippen LogP contribution in [0.1, 0.15) is 189 Å². The molecule has 1 aromatic rings. The van der Waals surface area contributed by atoms with Crippen LogP contribution in [0.4, 0.5) is 14.4 Å². The first-order valence-corrected chi connectivity index (χ1v) is 34.6. The molecule has 15 atom stereocenters. The lowest BCUT2D eigenvalue weighted by molar-refractivity contribution is -0.233. The summed E-state index contributed by atoms with van der Waals surface area (Å²) in [6.07, 6.45) is 5.54. The van der Waals surface area contributed by atoms with Gasteiger partial charge in [-0.1, -0.05) is 157 Å². The highest BCUT2D eigenvalue weighted by Gasteiger charge is 2.59. The van der Waals surface area contributed by atoms with E-state index in [-0.39, 0.29) is 51.5 Å². The van der Waals surface area contributed by atoms with Crippen molar-refractivity contribution in [3.8, 4) is 0 Å². The number of hydrogen-bond acceptors (Lipinski definition) is 20. The minimum Gasteiger partial charge on any atom is -0.480 e. The lowest BCUT2D eigenvalue weighted by Gasteiger charge is -2.36. The molecule has 0 aromatic carbocycles. The van der Waals surface area contributed by atoms with Gasteiger partial charge < -0.3 is 92.3 Å². The van der Waals surface area contributed by atoms with Gasteiger partial charge in [-0.15, -0.1) is 0 Å². The fourth-order valence-electron chi connectivity index (χ4n) is 12.4. The largest absolute Gasteiger partial charge is 0.480 e. The van der Waals surface area contributed by atoms with E-state index in [0.717, 1.165) is 90.8 Å². The predicted molar refractivity (Wildman–Crippen MR) is 350 cm³/mol. The summed E-state index contributed by atoms with van der Waals surface area (Å²) < 4.78 is 25.7. The molecule has 8 unspecified atom stereocenters. The third kappa shape index (κ3) is 23.9. The normalized spacial score (nSPS) is 24.4. The Morgan fingerprint density at radius 2 is 1.31 bits per heavy atom. The van der Waals surface area contributed by atoms with Crippen molar-refractivity contribution >= 4 is 47.7 Å². The number of methoxy groups -OCH3 is 1. The number of nitrogens with one attached hydrogen (secondary N) is 8. The second-order valence-electron chi connectivity index (χ2n) is 26.1. The summed E-state index contributed by atoms with van der Waals surface area (Å²) in [6.45, 7) is 10.4. The second-order valence-corrected chi connectivity index (χ2v) is 26.1. The number of aliphatic imine (C=N–C) groups is 1. The number of aliphatic hydroxyl groups excluding tert-OH is 4. The Morgan fingerprint density at radius 3 is 1.87 bits per heavy atom. The minimum atomic E-state index is -1.97. The zero-order chi connectivity index (χ0) is 69.7. The maximum atomic E-state index is 15.2. The number of hydrogen-bond donors (Lipinski definition) is 14. The van der Waals surface area contributed by atoms with E-state index in [4.69, 9.17) is 24.7 Å². The van der Waals surface area contributed by atoms with Crippen LogP contribution in [0, 0.1) is 11.8 Å². The molecule has 3 saturated heterocycles. The Labute approximate surface area is 556 Å². The van der Waals surface area contributed by atoms with Crippen LogP contribution in [0.25, 0.3) is 0 Å². The number of ether oxygens (including phenoxy) is 4. The number of urea groups is 3. The lowest BCUT2D eigenvalue weighted by Crippen LogP contribution is -2.66. The number of carboxylic acids is 1. The Kier molecular flexibility index (Phi) is 34.1. The van der Waals surface area contributed by atoms with E-state index in [9.17, 15) is 63.9 Å². The van der Waals surface area contributed by atoms with Crippen molar-refractivity contribution in [3.05, 3.63) is 33.1 Å². The van der Waals surface area contributed by atoms with Crippen molar-refractivity contribution in [1.29, 1.82) is 0 Å². The molecule has 1 aromatic heterocycles. The van der Waals surface area contributed by atoms with E-state index in [0.29, 0.717) is 19.4 Å². The van der Waals surface area contributed by atoms with Crippen LogP contribution in [0.5, 0.6) is 0 Å². The first kappa shape index (κ1) is 79.2. The molecule has 31 nitrogen and oxygen atoms in total. The summed E-state index contributed by atoms with van der Waals surface area (Å²) in [5.41, 5.74) is 4.17. The van der Waals surface area contributed by atoms with Crippen LogP contribution in [0.3, 0.4) is 0 Å². The lowest BCUT2D eigenvalue weighted by atomic mass is 9.97. The highest BCUT2D eigenvalue weighted by atomic mass is 16.7. The van der Waals surface area contributed by atoms with Crippen molar-refractivity contribution in [3.63, 3.8) is 0 Å². The minimum absolute atomic E-state index is 0.0433. The van der Waals surface area contributed by atoms with Crippen molar-refractivity contribution in [1.82, 2.24) is 56.6 Å². The number of H-pyrrole nitrogens is 1. The van der Waals surface area contributed by atoms with Crippen LogP contribution in [0.2, 0.25) is 0 Å². The molecule has 3 fully saturated rings. The van der Waals surface area contributed by atoms with Crippen LogP contribution in [-0.4, -0.2) is 224 Å². The summed E-state index contributed by atoms with van der Waals surface area (Å²) in [6, 6.07) is -8.49. The number of rotatable bonds is 44. The first-order valence-electron chi connectivity index (χ1n) is 34.6. The van der Waals surface area contributed by atoms with Crippen LogP contribution in [0.15, 0.2) is 26.8 Å². The summed E-state index contributed by atoms with van der Waals surface area (Å²) >= 11 is 0. The number of aliphatic hydroxyl groups is 4. The van der Waals surface area contributed by atoms with Crippen molar-refractivity contribution < 1.29 is 78.0 Å². The van der Waals surface area contributed by atoms with Gasteiger partial charge in [0.2, 0.25) is 11.8 Å². The van der Waals surface area contributed by atoms with Gasteiger partial charge >= 0.3 is 29.8 Å². The zero-order valence-corrected chi connectivity index (χ0v) is 56.7. The number of aliphatic carboxylic acids is 1. The highest BCUT2D eigenvalue weighted by molar-refractivity contribution is 6.04. The van der Waals surface area contributed by atoms with Gasteiger partial charge in [0.05, 0.1) is 12.1 Å². The Balaban J connectivity index is 1.40. The molecule has 0 bridgehead atoms. The summed E-state index contributed by atoms with van der Waals surface area (Å²) in [5, 5.41) is 75.1. The number of imide groups is 1. The maximum Gasteiger partial charge on any atom is 0.330 e. The molecule has 5 rings (SSSR count). The molecular formula is C64H111N13O18. The van der Waals surface area contributed by atoms with Gasteiger partial charge in [-0.05, 0) is 37.5 Å². The standard InChI is InChI=1S/C64H111N13O18/c1-8-10-12-14-16-18-20-22-24-26-31-68-61(88)69-37-41-48(80)53(92-7)59(93-41)95-51(52-49(81)50(82)57(94-52)77-36-30-42(78)71-63(77)90)46-56(85)76(34-27-25-23-21-19-17-15-13-11-9-2)64(91)75(46)35-28-32-66-54(83)45(47(79)39(5)6)72-55(84)44(40-29-33-67-60(65)70-40)74-62(89)73-43(38(3)4)58(86)87/h30,36,38-41,43-53,57,59,79-82H,8-29,31-35,37H2,1-7H3,(H,66,83)(H,72,84)(H,86,87)(H3,65,67,70)(H2,68,69,88)(H,71,78,90)(H2,73,74,89)/t40?,41-,43?,44?,45?,46?,47?,48-,49+,50-,51?,52+,53-,57-,59?/m1/s1. The number of nitrogens with two attached hydrogens (primary N) is 1. The molecule has 5 heterocycles. The molecule has 0 radical (unpaired) electrons. The topological polar surface area (TPSA) is 441 Å². The van der Waals surface area contributed by atoms with Crippen molar-refractivity contribution in [2.75, 3.05) is 46.4 Å². The number of guanidine groups is 1. The smallest absolute Gasteiger partial charge is 0.330 e. The van der Waals surface area contributed by atoms with Gasteiger partial charge in [0.15, 0.2) is 18.5 Å². The van der Waals surface area contributed by atoms with E-state index >= 15 is 4.79 Å². The van der Waals surface area contributed by atoms with Crippen LogP contribution >= 0.6 is 0 Å². The molecule has 0 spiro atoms. The van der Waals surface area contributed by atoms with E-state index in [1.165, 1.54) is 58.5 Å². The van der Waals surface area contributed by atoms with Gasteiger partial charge in [0.25, 0.3) is 11.5 Å². The third-order valence-electron chi connectivity index (χ3n) is 18.0. The third-order valence-corrected chi connectivity index (χ3v) is 18.0. The van der Waals surface area contributed by atoms with E-state index in [2.05, 4.69) is 61.0 Å². The van der Waals surface area contributed by atoms with Crippen LogP contribution in [-0.2, 0) is 38.1 Å². The molecule has 540 valence electrons. The average molecular weight is 1350 g/mol. The number of carbonyl (C=O) groups is 7. The Bertz CT molecular complexity index is 2720. The quantitative estimate of drug-likeness (QED) is 0.0328. The fraction of sp³-hybridized carbons (Fsp3) is 0.812. The number of nitrogens with zero attached hydrogens (tertiary/aromatic N) is 4. The molecule has 4 aliphatic rings. The first-order chi connectivity index (χ1) is 45.4. The zero-order valence-electron chi connectivity index (χ0n) is 56.7. The Morgan fingerprint density at radius 1 is 0.705 bits per heavy atom. The van der Waals surface area contributed by atoms with Gasteiger partial charge in [-0.2, -0.15) is 0 Å². The molecule has 95 heavy (non-hydrogen) atoms. The fourth-order valence-corrected chi connectivity index (χ4v) is 12.4. The van der Waals surface area contributed by atoms with E-state index < -0.39 is 156 Å². The SMILES string of the molecule is CCCCCCCCCCCCNC(=O)NC[C@H]1OC(OC(C2C(=O)N(CCCCCCCCCCCC)C(=O)N2CCCNC(=O)C(NC(=O)C(NC(=O)NC(C(=O)O)C(C)C)C2CCN=C(N)N2)C(O)C(C)C)[C@H]2O[C@@H](n3ccc(=O)[nH]c3=O)[C@H](O)[C@@H]2O)[C@H](OC)[C@@H]1O. The molecule has 9 amide bonds. The molecule has 0 aliphatic carbocycles. The summed E-state index contributed by atoms with van der Waals surface area (Å²) in [4.78, 5) is 131. The molecule has 15 N–H and O–H groups in total. The monoisotopic (exact) mass is 1350 g/mol. The number of carboxylic acid groups (broad SMARTS) is 1. The highest BCUT2D eigenvalue weighted by Crippen LogP contribution is 2.38. The second kappa shape index (κ2) is 40.9. The maximum absolute atomic E-state index is 15.2. The summed E-state index contributed by atoms with van der Waals surface area (Å²) in [7, 11) is 1.26. The van der Waals surface area contributed by atoms with E-state index in [1.54, 1.807) is 27.7 Å². The number of aromatic nitrogens is 2. The number of carbonyl (C=O) groups excluding carboxylic acids is 6. The van der Waals surface area contributed by atoms with Crippen LogP contribution < -0.4 is 54.2 Å². The van der Waals surface area contributed by atoms with Gasteiger partial charge in [0, 0.05) is 58.6 Å². The van der Waals surface area contributed by atoms with Crippen molar-refractivity contribution in [2.24, 2.45) is 22.6 Å². The Hall–Kier alpha value is -6.48. The van der Waals surface area contributed by atoms with E-state index in [1.807, 2.05) is 0 Å². The average Bonchev–Trinajstić information content (AvgIpc) is 1.60. The van der Waals surface area contributed by atoms with Gasteiger partial charge in [-0.25, -0.2) is 24.0 Å². The van der Waals surface area contributed by atoms with Crippen molar-refractivity contribution in [2.45, 2.75) is 274 Å². The molecular weight excluding hydrogens is 1240 g/mol. The number of unbranched alkanes of at least 4 members (excludes halogenated alkanes) is 18. The number of amides is 9. The van der Waals surface area contributed by atoms with Gasteiger partial charge in [0.1, 0.15) is 66.9 Å². The predicted octanol–water partition coefficient (Wildman–Crippen LogP) is 1.88. The molecule has 31 heteroatoms. The molecule has 0 saturated carbocycles. The van der Waals surface area contributed by atoms with Gasteiger partial charge in [-0.3, -0.25) is 38.6 Å². The summed E-state index contributed by atoms with van der Waals surface area (Å²) in [5.74, 6) is -5.22. The number of aromatic amines is 1.